The molecule has 2 aromatic rings. The van der Waals surface area contributed by atoms with Crippen LogP contribution in [0.25, 0.3) is 0 Å². The van der Waals surface area contributed by atoms with E-state index in [1.54, 1.807) is 0 Å². The maximum atomic E-state index is 10.2. The van der Waals surface area contributed by atoms with Crippen LogP contribution >= 0.6 is 0 Å². The first kappa shape index (κ1) is 18.4. The number of rotatable bonds is 4. The van der Waals surface area contributed by atoms with Crippen LogP contribution in [0.5, 0.6) is 23.0 Å². The summed E-state index contributed by atoms with van der Waals surface area (Å²) < 4.78 is 0. The van der Waals surface area contributed by atoms with Gasteiger partial charge in [0.2, 0.25) is 0 Å². The molecule has 4 N–H and O–H groups in total. The molecule has 0 heterocycles. The number of hydrogen-bond acceptors (Lipinski definition) is 8. The largest absolute Gasteiger partial charge is 0.507 e. The highest BCUT2D eigenvalue weighted by molar-refractivity contribution is 5.87. The number of aldehydes is 4. The second-order valence-electron chi connectivity index (χ2n) is 4.41. The summed E-state index contributed by atoms with van der Waals surface area (Å²) >= 11 is 0. The van der Waals surface area contributed by atoms with Crippen molar-refractivity contribution in [2.45, 2.75) is 0 Å². The Morgan fingerprint density at radius 2 is 0.625 bits per heavy atom. The average molecular weight is 332 g/mol. The zero-order chi connectivity index (χ0) is 18.3. The van der Waals surface area contributed by atoms with Gasteiger partial charge >= 0.3 is 0 Å². The van der Waals surface area contributed by atoms with E-state index in [4.69, 9.17) is 20.4 Å². The van der Waals surface area contributed by atoms with Gasteiger partial charge in [0.15, 0.2) is 25.1 Å². The van der Waals surface area contributed by atoms with Gasteiger partial charge in [0, 0.05) is 0 Å². The molecule has 8 nitrogen and oxygen atoms in total. The maximum Gasteiger partial charge on any atom is 0.153 e. The van der Waals surface area contributed by atoms with E-state index < -0.39 is 0 Å². The van der Waals surface area contributed by atoms with Crippen LogP contribution in [0.3, 0.4) is 0 Å². The standard InChI is InChI=1S/2C8H6O4/c2*9-3-5-1-7(11)6(4-10)2-8(5)12/h2*1-4,11-12H. The number of carbonyl (C=O) groups is 4. The third-order valence-corrected chi connectivity index (χ3v) is 2.86. The molecule has 0 aliphatic carbocycles. The van der Waals surface area contributed by atoms with Crippen molar-refractivity contribution in [3.63, 3.8) is 0 Å². The molecule has 0 radical (unpaired) electrons. The van der Waals surface area contributed by atoms with Crippen LogP contribution in [-0.2, 0) is 0 Å². The van der Waals surface area contributed by atoms with Crippen LogP contribution in [0.4, 0.5) is 0 Å². The smallest absolute Gasteiger partial charge is 0.153 e. The van der Waals surface area contributed by atoms with Crippen LogP contribution in [-0.4, -0.2) is 45.6 Å². The Morgan fingerprint density at radius 3 is 0.750 bits per heavy atom. The lowest BCUT2D eigenvalue weighted by atomic mass is 10.1. The molecule has 0 aliphatic rings. The maximum absolute atomic E-state index is 10.2. The number of carbonyl (C=O) groups excluding carboxylic acids is 4. The third-order valence-electron chi connectivity index (χ3n) is 2.86. The fourth-order valence-electron chi connectivity index (χ4n) is 1.60. The van der Waals surface area contributed by atoms with E-state index in [1.807, 2.05) is 0 Å². The molecule has 0 spiro atoms. The summed E-state index contributed by atoms with van der Waals surface area (Å²) in [6.07, 6.45) is 1.57. The third kappa shape index (κ3) is 4.17. The van der Waals surface area contributed by atoms with E-state index in [2.05, 4.69) is 0 Å². The van der Waals surface area contributed by atoms with Gasteiger partial charge < -0.3 is 20.4 Å². The SMILES string of the molecule is O=Cc1cc(O)c(C=O)cc1O.O=Cc1cc(O)c(C=O)cc1O. The van der Waals surface area contributed by atoms with E-state index in [1.165, 1.54) is 0 Å². The second kappa shape index (κ2) is 8.08. The molecule has 0 bridgehead atoms. The Bertz CT molecular complexity index is 660. The van der Waals surface area contributed by atoms with Crippen molar-refractivity contribution in [3.05, 3.63) is 46.5 Å². The van der Waals surface area contributed by atoms with Crippen molar-refractivity contribution in [3.8, 4) is 23.0 Å². The molecular formula is C16H12O8. The van der Waals surface area contributed by atoms with Crippen molar-refractivity contribution >= 4 is 25.1 Å². The lowest BCUT2D eigenvalue weighted by molar-refractivity contribution is 0.110. The molecule has 0 fully saturated rings. The summed E-state index contributed by atoms with van der Waals surface area (Å²) in [6.45, 7) is 0. The first-order valence-electron chi connectivity index (χ1n) is 6.30. The van der Waals surface area contributed by atoms with E-state index >= 15 is 0 Å². The van der Waals surface area contributed by atoms with Crippen molar-refractivity contribution in [2.24, 2.45) is 0 Å². The lowest BCUT2D eigenvalue weighted by Gasteiger charge is -2.00. The van der Waals surface area contributed by atoms with E-state index in [9.17, 15) is 19.2 Å². The van der Waals surface area contributed by atoms with Gasteiger partial charge in [-0.1, -0.05) is 0 Å². The molecule has 24 heavy (non-hydrogen) atoms. The van der Waals surface area contributed by atoms with Crippen molar-refractivity contribution < 1.29 is 39.6 Å². The molecule has 0 saturated carbocycles. The fraction of sp³-hybridized carbons (Fsp3) is 0. The van der Waals surface area contributed by atoms with Crippen LogP contribution in [0, 0.1) is 0 Å². The zero-order valence-corrected chi connectivity index (χ0v) is 12.0. The van der Waals surface area contributed by atoms with Crippen molar-refractivity contribution in [1.82, 2.24) is 0 Å². The summed E-state index contributed by atoms with van der Waals surface area (Å²) in [5.74, 6) is -1.26. The summed E-state index contributed by atoms with van der Waals surface area (Å²) in [4.78, 5) is 40.9. The molecule has 0 saturated heterocycles. The van der Waals surface area contributed by atoms with Crippen LogP contribution in [0.1, 0.15) is 41.4 Å². The van der Waals surface area contributed by atoms with Crippen LogP contribution < -0.4 is 0 Å². The number of hydrogen-bond donors (Lipinski definition) is 4. The summed E-state index contributed by atoms with van der Waals surface area (Å²) in [5.41, 5.74) is -0.174. The van der Waals surface area contributed by atoms with Crippen molar-refractivity contribution in [2.75, 3.05) is 0 Å². The Hall–Kier alpha value is -3.68. The monoisotopic (exact) mass is 332 g/mol. The van der Waals surface area contributed by atoms with Gasteiger partial charge in [-0.2, -0.15) is 0 Å². The van der Waals surface area contributed by atoms with Crippen LogP contribution in [0.2, 0.25) is 0 Å². The van der Waals surface area contributed by atoms with Crippen molar-refractivity contribution in [1.29, 1.82) is 0 Å². The predicted molar refractivity (Wildman–Crippen MR) is 81.1 cm³/mol. The van der Waals surface area contributed by atoms with Gasteiger partial charge in [0.25, 0.3) is 0 Å². The molecule has 2 aromatic carbocycles. The van der Waals surface area contributed by atoms with Gasteiger partial charge in [-0.25, -0.2) is 0 Å². The fourth-order valence-corrected chi connectivity index (χ4v) is 1.60. The minimum Gasteiger partial charge on any atom is -0.507 e. The number of benzene rings is 2. The zero-order valence-electron chi connectivity index (χ0n) is 12.0. The molecule has 0 aromatic heterocycles. The normalized spacial score (nSPS) is 9.33. The van der Waals surface area contributed by atoms with Gasteiger partial charge in [-0.05, 0) is 24.3 Å². The second-order valence-corrected chi connectivity index (χ2v) is 4.41. The van der Waals surface area contributed by atoms with E-state index in [0.717, 1.165) is 24.3 Å². The molecule has 124 valence electrons. The molecular weight excluding hydrogens is 320 g/mol. The topological polar surface area (TPSA) is 149 Å². The Labute approximate surface area is 135 Å². The first-order valence-corrected chi connectivity index (χ1v) is 6.30. The minimum atomic E-state index is -0.315. The lowest BCUT2D eigenvalue weighted by Crippen LogP contribution is -1.86. The number of phenols is 4. The number of aromatic hydroxyl groups is 4. The van der Waals surface area contributed by atoms with Gasteiger partial charge in [0.05, 0.1) is 22.3 Å². The van der Waals surface area contributed by atoms with E-state index in [0.29, 0.717) is 25.1 Å². The Balaban J connectivity index is 0.000000240. The minimum absolute atomic E-state index is 0.0434. The quantitative estimate of drug-likeness (QED) is 0.485. The summed E-state index contributed by atoms with van der Waals surface area (Å²) in [7, 11) is 0. The summed E-state index contributed by atoms with van der Waals surface area (Å²) in [6, 6.07) is 4.14. The Kier molecular flexibility index (Phi) is 6.19. The highest BCUT2D eigenvalue weighted by Crippen LogP contribution is 2.25. The highest BCUT2D eigenvalue weighted by atomic mass is 16.3. The van der Waals surface area contributed by atoms with Crippen LogP contribution in [0.15, 0.2) is 24.3 Å². The summed E-state index contributed by atoms with van der Waals surface area (Å²) in [5, 5.41) is 36.2. The molecule has 0 amide bonds. The number of phenolic OH excluding ortho intramolecular Hbond substituents is 4. The van der Waals surface area contributed by atoms with Gasteiger partial charge in [0.1, 0.15) is 23.0 Å². The average Bonchev–Trinajstić information content (AvgIpc) is 2.58. The molecule has 0 unspecified atom stereocenters. The van der Waals surface area contributed by atoms with Gasteiger partial charge in [-0.15, -0.1) is 0 Å². The predicted octanol–water partition coefficient (Wildman–Crippen LogP) is 1.45. The molecule has 2 rings (SSSR count). The Morgan fingerprint density at radius 1 is 0.458 bits per heavy atom. The van der Waals surface area contributed by atoms with E-state index in [-0.39, 0.29) is 45.3 Å². The highest BCUT2D eigenvalue weighted by Gasteiger charge is 2.07. The molecule has 0 atom stereocenters. The molecule has 0 aliphatic heterocycles. The molecule has 8 heteroatoms. The first-order chi connectivity index (χ1) is 11.4. The van der Waals surface area contributed by atoms with Gasteiger partial charge in [-0.3, -0.25) is 19.2 Å².